The number of likely N-dealkylation sites (tertiary alicyclic amines) is 1. The topological polar surface area (TPSA) is 37.4 Å². The van der Waals surface area contributed by atoms with Gasteiger partial charge in [-0.3, -0.25) is 9.59 Å². The number of carbonyl (C=O) groups is 2. The Morgan fingerprint density at radius 2 is 1.44 bits per heavy atom. The van der Waals surface area contributed by atoms with Gasteiger partial charge >= 0.3 is 0 Å². The third-order valence-corrected chi connectivity index (χ3v) is 4.30. The number of hydrogen-bond acceptors (Lipinski definition) is 2. The maximum atomic E-state index is 12.9. The first-order valence-corrected chi connectivity index (χ1v) is 8.79. The minimum atomic E-state index is -0.353. The summed E-state index contributed by atoms with van der Waals surface area (Å²) in [6.07, 6.45) is 1.33. The van der Waals surface area contributed by atoms with E-state index in [4.69, 9.17) is 0 Å². The molecule has 1 aliphatic rings. The van der Waals surface area contributed by atoms with E-state index in [0.717, 1.165) is 5.56 Å². The van der Waals surface area contributed by atoms with Crippen LogP contribution in [0.1, 0.15) is 47.4 Å². The Kier molecular flexibility index (Phi) is 6.87. The minimum Gasteiger partial charge on any atom is -0.339 e. The molecule has 0 spiro atoms. The van der Waals surface area contributed by atoms with Crippen LogP contribution < -0.4 is 0 Å². The molecular formula is C21H24FNO2. The van der Waals surface area contributed by atoms with Crippen LogP contribution in [0.25, 0.3) is 0 Å². The number of ketones is 1. The second kappa shape index (κ2) is 9.11. The van der Waals surface area contributed by atoms with Crippen LogP contribution in [0, 0.1) is 11.7 Å². The van der Waals surface area contributed by atoms with Crippen molar-refractivity contribution in [2.75, 3.05) is 13.1 Å². The van der Waals surface area contributed by atoms with Crippen molar-refractivity contribution in [3.63, 3.8) is 0 Å². The zero-order chi connectivity index (χ0) is 18.2. The fourth-order valence-corrected chi connectivity index (χ4v) is 2.96. The minimum absolute atomic E-state index is 0.0327. The van der Waals surface area contributed by atoms with Gasteiger partial charge in [0.25, 0.3) is 5.91 Å². The molecule has 0 aromatic heterocycles. The van der Waals surface area contributed by atoms with Gasteiger partial charge in [-0.25, -0.2) is 4.39 Å². The first-order valence-electron chi connectivity index (χ1n) is 8.79. The van der Waals surface area contributed by atoms with E-state index in [2.05, 4.69) is 0 Å². The summed E-state index contributed by atoms with van der Waals surface area (Å²) in [5.41, 5.74) is 1.22. The molecule has 0 N–H and O–H groups in total. The maximum Gasteiger partial charge on any atom is 0.253 e. The van der Waals surface area contributed by atoms with E-state index < -0.39 is 0 Å². The Bertz CT molecular complexity index is 690. The molecule has 0 atom stereocenters. The van der Waals surface area contributed by atoms with Crippen molar-refractivity contribution in [1.82, 2.24) is 4.90 Å². The summed E-state index contributed by atoms with van der Waals surface area (Å²) >= 11 is 0. The third kappa shape index (κ3) is 4.75. The standard InChI is InChI=1S/C19H18FNO2.C2H6/c20-17-8-6-16(7-9-17)19(23)21-12-10-15(11-13-21)18(22)14-4-2-1-3-5-14;1-2/h1-9,15H,10-13H2;1-2H3. The smallest absolute Gasteiger partial charge is 0.253 e. The molecule has 1 aliphatic heterocycles. The Morgan fingerprint density at radius 3 is 2.00 bits per heavy atom. The fourth-order valence-electron chi connectivity index (χ4n) is 2.96. The molecule has 1 fully saturated rings. The van der Waals surface area contributed by atoms with E-state index in [1.165, 1.54) is 24.3 Å². The first kappa shape index (κ1) is 18.8. The number of nitrogens with zero attached hydrogens (tertiary/aromatic N) is 1. The highest BCUT2D eigenvalue weighted by molar-refractivity contribution is 5.98. The number of Topliss-reactive ketones (excluding diaryl/α,β-unsaturated/α-hetero) is 1. The van der Waals surface area contributed by atoms with Gasteiger partial charge in [-0.2, -0.15) is 0 Å². The van der Waals surface area contributed by atoms with Gasteiger partial charge in [-0.05, 0) is 37.1 Å². The quantitative estimate of drug-likeness (QED) is 0.766. The molecule has 3 nitrogen and oxygen atoms in total. The van der Waals surface area contributed by atoms with Crippen LogP contribution >= 0.6 is 0 Å². The third-order valence-electron chi connectivity index (χ3n) is 4.30. The summed E-state index contributed by atoms with van der Waals surface area (Å²) in [5, 5.41) is 0. The number of rotatable bonds is 3. The predicted molar refractivity (Wildman–Crippen MR) is 97.1 cm³/mol. The number of piperidine rings is 1. The van der Waals surface area contributed by atoms with Gasteiger partial charge in [0, 0.05) is 30.1 Å². The van der Waals surface area contributed by atoms with Gasteiger partial charge in [0.2, 0.25) is 0 Å². The Morgan fingerprint density at radius 1 is 0.880 bits per heavy atom. The van der Waals surface area contributed by atoms with Gasteiger partial charge in [-0.15, -0.1) is 0 Å². The zero-order valence-electron chi connectivity index (χ0n) is 14.7. The van der Waals surface area contributed by atoms with Gasteiger partial charge in [0.1, 0.15) is 5.82 Å². The van der Waals surface area contributed by atoms with Crippen LogP contribution in [0.15, 0.2) is 54.6 Å². The van der Waals surface area contributed by atoms with Crippen molar-refractivity contribution in [1.29, 1.82) is 0 Å². The maximum absolute atomic E-state index is 12.9. The summed E-state index contributed by atoms with van der Waals surface area (Å²) < 4.78 is 12.9. The Labute approximate surface area is 148 Å². The molecule has 2 aromatic rings. The van der Waals surface area contributed by atoms with Gasteiger partial charge in [0.05, 0.1) is 0 Å². The molecule has 0 bridgehead atoms. The molecule has 3 rings (SSSR count). The summed E-state index contributed by atoms with van der Waals surface area (Å²) in [6.45, 7) is 5.11. The monoisotopic (exact) mass is 341 g/mol. The molecular weight excluding hydrogens is 317 g/mol. The van der Waals surface area contributed by atoms with Crippen molar-refractivity contribution < 1.29 is 14.0 Å². The van der Waals surface area contributed by atoms with Gasteiger partial charge < -0.3 is 4.90 Å². The number of amides is 1. The van der Waals surface area contributed by atoms with Crippen LogP contribution in [0.3, 0.4) is 0 Å². The van der Waals surface area contributed by atoms with Crippen molar-refractivity contribution in [2.24, 2.45) is 5.92 Å². The van der Waals surface area contributed by atoms with Crippen LogP contribution in [0.4, 0.5) is 4.39 Å². The molecule has 0 saturated carbocycles. The van der Waals surface area contributed by atoms with Crippen molar-refractivity contribution >= 4 is 11.7 Å². The summed E-state index contributed by atoms with van der Waals surface area (Å²) in [4.78, 5) is 26.6. The van der Waals surface area contributed by atoms with E-state index in [1.807, 2.05) is 44.2 Å². The highest BCUT2D eigenvalue weighted by Gasteiger charge is 2.28. The molecule has 2 aromatic carbocycles. The molecule has 132 valence electrons. The molecule has 0 unspecified atom stereocenters. The number of hydrogen-bond donors (Lipinski definition) is 0. The summed E-state index contributed by atoms with van der Waals surface area (Å²) in [7, 11) is 0. The molecule has 25 heavy (non-hydrogen) atoms. The molecule has 0 aliphatic carbocycles. The molecule has 1 amide bonds. The number of halogens is 1. The van der Waals surface area contributed by atoms with Gasteiger partial charge in [0.15, 0.2) is 5.78 Å². The van der Waals surface area contributed by atoms with Crippen molar-refractivity contribution in [3.8, 4) is 0 Å². The Balaban J connectivity index is 0.00000109. The molecule has 0 radical (unpaired) electrons. The highest BCUT2D eigenvalue weighted by Crippen LogP contribution is 2.23. The molecule has 4 heteroatoms. The Hall–Kier alpha value is -2.49. The van der Waals surface area contributed by atoms with E-state index >= 15 is 0 Å². The lowest BCUT2D eigenvalue weighted by atomic mass is 9.88. The van der Waals surface area contributed by atoms with Crippen molar-refractivity contribution in [3.05, 3.63) is 71.5 Å². The fraction of sp³-hybridized carbons (Fsp3) is 0.333. The first-order chi connectivity index (χ1) is 12.1. The van der Waals surface area contributed by atoms with E-state index in [1.54, 1.807) is 4.90 Å². The number of benzene rings is 2. The van der Waals surface area contributed by atoms with Crippen LogP contribution in [-0.2, 0) is 0 Å². The predicted octanol–water partition coefficient (Wildman–Crippen LogP) is 4.59. The average Bonchev–Trinajstić information content (AvgIpc) is 2.70. The average molecular weight is 341 g/mol. The highest BCUT2D eigenvalue weighted by atomic mass is 19.1. The SMILES string of the molecule is CC.O=C(c1ccccc1)C1CCN(C(=O)c2ccc(F)cc2)CC1. The normalized spacial score (nSPS) is 14.4. The number of carbonyl (C=O) groups excluding carboxylic acids is 2. The lowest BCUT2D eigenvalue weighted by Gasteiger charge is -2.31. The summed E-state index contributed by atoms with van der Waals surface area (Å²) in [6, 6.07) is 14.9. The summed E-state index contributed by atoms with van der Waals surface area (Å²) in [5.74, 6) is -0.335. The largest absolute Gasteiger partial charge is 0.339 e. The lowest BCUT2D eigenvalue weighted by Crippen LogP contribution is -2.40. The van der Waals surface area contributed by atoms with Crippen LogP contribution in [0.5, 0.6) is 0 Å². The lowest BCUT2D eigenvalue weighted by molar-refractivity contribution is 0.0650. The van der Waals surface area contributed by atoms with Crippen LogP contribution in [0.2, 0.25) is 0 Å². The molecule has 1 saturated heterocycles. The zero-order valence-corrected chi connectivity index (χ0v) is 14.7. The molecule has 1 heterocycles. The van der Waals surface area contributed by atoms with E-state index in [9.17, 15) is 14.0 Å². The van der Waals surface area contributed by atoms with Crippen molar-refractivity contribution in [2.45, 2.75) is 26.7 Å². The second-order valence-corrected chi connectivity index (χ2v) is 5.80. The van der Waals surface area contributed by atoms with Gasteiger partial charge in [-0.1, -0.05) is 44.2 Å². The van der Waals surface area contributed by atoms with E-state index in [0.29, 0.717) is 31.5 Å². The second-order valence-electron chi connectivity index (χ2n) is 5.80. The van der Waals surface area contributed by atoms with Crippen LogP contribution in [-0.4, -0.2) is 29.7 Å². The van der Waals surface area contributed by atoms with E-state index in [-0.39, 0.29) is 23.4 Å².